The van der Waals surface area contributed by atoms with Crippen LogP contribution >= 0.6 is 11.3 Å². The molecule has 3 aromatic rings. The van der Waals surface area contributed by atoms with Crippen molar-refractivity contribution in [2.45, 2.75) is 25.2 Å². The lowest BCUT2D eigenvalue weighted by Gasteiger charge is -2.22. The van der Waals surface area contributed by atoms with Gasteiger partial charge in [-0.25, -0.2) is 9.78 Å². The van der Waals surface area contributed by atoms with E-state index in [1.807, 2.05) is 66.0 Å². The Kier molecular flexibility index (Phi) is 6.06. The van der Waals surface area contributed by atoms with E-state index in [4.69, 9.17) is 4.74 Å². The van der Waals surface area contributed by atoms with Gasteiger partial charge in [0.15, 0.2) is 5.13 Å². The molecule has 8 heteroatoms. The molecular formula is C22H21N3O4S. The number of nitrogens with zero attached hydrogens (tertiary/aromatic N) is 2. The zero-order valence-corrected chi connectivity index (χ0v) is 16.9. The molecule has 30 heavy (non-hydrogen) atoms. The highest BCUT2D eigenvalue weighted by Gasteiger charge is 2.40. The van der Waals surface area contributed by atoms with Crippen molar-refractivity contribution >= 4 is 28.5 Å². The van der Waals surface area contributed by atoms with Crippen molar-refractivity contribution < 1.29 is 19.4 Å². The van der Waals surface area contributed by atoms with Gasteiger partial charge in [0.1, 0.15) is 12.6 Å². The molecule has 1 aromatic heterocycles. The Bertz CT molecular complexity index is 1010. The van der Waals surface area contributed by atoms with Crippen molar-refractivity contribution in [3.05, 3.63) is 71.6 Å². The number of benzene rings is 2. The summed E-state index contributed by atoms with van der Waals surface area (Å²) in [5.74, 6) is -0.392. The first kappa shape index (κ1) is 20.1. The number of rotatable bonds is 5. The number of carbonyl (C=O) groups is 2. The lowest BCUT2D eigenvalue weighted by atomic mass is 10.2. The summed E-state index contributed by atoms with van der Waals surface area (Å²) in [5, 5.41) is 15.1. The fourth-order valence-corrected chi connectivity index (χ4v) is 4.05. The van der Waals surface area contributed by atoms with Gasteiger partial charge in [-0.3, -0.25) is 9.69 Å². The Morgan fingerprint density at radius 3 is 2.57 bits per heavy atom. The number of anilines is 1. The van der Waals surface area contributed by atoms with E-state index in [2.05, 4.69) is 10.3 Å². The van der Waals surface area contributed by atoms with E-state index < -0.39 is 24.1 Å². The van der Waals surface area contributed by atoms with Gasteiger partial charge in [-0.15, -0.1) is 11.3 Å². The number of β-amino-alcohol motifs (C(OH)–C–C–N with tert-alkyl or cyclic N) is 1. The summed E-state index contributed by atoms with van der Waals surface area (Å²) in [6.07, 6.45) is -1.25. The van der Waals surface area contributed by atoms with Gasteiger partial charge in [0.2, 0.25) is 5.91 Å². The first-order valence-electron chi connectivity index (χ1n) is 9.57. The van der Waals surface area contributed by atoms with E-state index in [0.29, 0.717) is 5.13 Å². The predicted octanol–water partition coefficient (Wildman–Crippen LogP) is 3.52. The largest absolute Gasteiger partial charge is 0.445 e. The summed E-state index contributed by atoms with van der Waals surface area (Å²) >= 11 is 1.31. The first-order chi connectivity index (χ1) is 14.6. The number of ether oxygens (including phenoxy) is 1. The minimum atomic E-state index is -0.813. The topological polar surface area (TPSA) is 91.8 Å². The Morgan fingerprint density at radius 1 is 1.13 bits per heavy atom. The molecule has 0 spiro atoms. The van der Waals surface area contributed by atoms with Crippen LogP contribution in [0.25, 0.3) is 11.3 Å². The lowest BCUT2D eigenvalue weighted by Crippen LogP contribution is -2.43. The number of nitrogens with one attached hydrogen (secondary N) is 1. The lowest BCUT2D eigenvalue weighted by molar-refractivity contribution is -0.120. The molecule has 0 radical (unpaired) electrons. The average Bonchev–Trinajstić information content (AvgIpc) is 3.40. The summed E-state index contributed by atoms with van der Waals surface area (Å²) in [5.41, 5.74) is 2.57. The third kappa shape index (κ3) is 4.67. The number of aromatic nitrogens is 1. The molecule has 1 aliphatic heterocycles. The van der Waals surface area contributed by atoms with E-state index in [0.717, 1.165) is 16.8 Å². The molecule has 0 bridgehead atoms. The van der Waals surface area contributed by atoms with Gasteiger partial charge in [0, 0.05) is 17.4 Å². The van der Waals surface area contributed by atoms with Crippen LogP contribution in [-0.2, 0) is 16.1 Å². The van der Waals surface area contributed by atoms with E-state index in [1.165, 1.54) is 16.2 Å². The number of aliphatic hydroxyl groups excluding tert-OH is 1. The van der Waals surface area contributed by atoms with Crippen LogP contribution in [0.5, 0.6) is 0 Å². The van der Waals surface area contributed by atoms with E-state index in [-0.39, 0.29) is 19.6 Å². The van der Waals surface area contributed by atoms with Crippen LogP contribution in [0.3, 0.4) is 0 Å². The Balaban J connectivity index is 1.39. The number of thiazole rings is 1. The fourth-order valence-electron chi connectivity index (χ4n) is 3.33. The molecule has 4 rings (SSSR count). The molecular weight excluding hydrogens is 402 g/mol. The van der Waals surface area contributed by atoms with Gasteiger partial charge < -0.3 is 15.2 Å². The fraction of sp³-hybridized carbons (Fsp3) is 0.227. The smallest absolute Gasteiger partial charge is 0.410 e. The first-order valence-corrected chi connectivity index (χ1v) is 10.5. The van der Waals surface area contributed by atoms with E-state index in [9.17, 15) is 14.7 Å². The molecule has 2 aromatic carbocycles. The third-order valence-electron chi connectivity index (χ3n) is 4.83. The van der Waals surface area contributed by atoms with Crippen molar-refractivity contribution in [1.82, 2.24) is 9.88 Å². The van der Waals surface area contributed by atoms with Crippen LogP contribution < -0.4 is 5.32 Å². The molecule has 0 aliphatic carbocycles. The molecule has 1 fully saturated rings. The number of carbonyl (C=O) groups excluding carboxylic acids is 2. The van der Waals surface area contributed by atoms with Crippen molar-refractivity contribution in [1.29, 1.82) is 0 Å². The maximum atomic E-state index is 12.8. The number of aliphatic hydroxyl groups is 1. The van der Waals surface area contributed by atoms with Crippen LogP contribution in [-0.4, -0.2) is 45.7 Å². The summed E-state index contributed by atoms with van der Waals surface area (Å²) in [6, 6.07) is 18.1. The highest BCUT2D eigenvalue weighted by atomic mass is 32.1. The van der Waals surface area contributed by atoms with Crippen LogP contribution in [0.1, 0.15) is 12.0 Å². The van der Waals surface area contributed by atoms with Crippen LogP contribution in [0.4, 0.5) is 9.93 Å². The summed E-state index contributed by atoms with van der Waals surface area (Å²) < 4.78 is 5.34. The minimum Gasteiger partial charge on any atom is -0.445 e. The second-order valence-electron chi connectivity index (χ2n) is 6.99. The van der Waals surface area contributed by atoms with Crippen molar-refractivity contribution in [3.8, 4) is 11.3 Å². The Morgan fingerprint density at radius 2 is 1.83 bits per heavy atom. The number of hydrogen-bond acceptors (Lipinski definition) is 6. The van der Waals surface area contributed by atoms with Crippen LogP contribution in [0, 0.1) is 0 Å². The van der Waals surface area contributed by atoms with Gasteiger partial charge in [0.05, 0.1) is 18.3 Å². The second-order valence-corrected chi connectivity index (χ2v) is 7.85. The maximum absolute atomic E-state index is 12.8. The van der Waals surface area contributed by atoms with Crippen LogP contribution in [0.15, 0.2) is 66.0 Å². The quantitative estimate of drug-likeness (QED) is 0.655. The predicted molar refractivity (Wildman–Crippen MR) is 114 cm³/mol. The van der Waals surface area contributed by atoms with Crippen molar-refractivity contribution in [2.24, 2.45) is 0 Å². The van der Waals surface area contributed by atoms with Gasteiger partial charge in [0.25, 0.3) is 0 Å². The van der Waals surface area contributed by atoms with Crippen molar-refractivity contribution in [3.63, 3.8) is 0 Å². The minimum absolute atomic E-state index is 0.0544. The molecule has 2 N–H and O–H groups in total. The highest BCUT2D eigenvalue weighted by molar-refractivity contribution is 7.14. The monoisotopic (exact) mass is 423 g/mol. The average molecular weight is 423 g/mol. The number of hydrogen-bond donors (Lipinski definition) is 2. The third-order valence-corrected chi connectivity index (χ3v) is 5.58. The Hall–Kier alpha value is -3.23. The molecule has 2 heterocycles. The zero-order valence-electron chi connectivity index (χ0n) is 16.1. The summed E-state index contributed by atoms with van der Waals surface area (Å²) in [7, 11) is 0. The van der Waals surface area contributed by atoms with E-state index >= 15 is 0 Å². The second kappa shape index (κ2) is 9.06. The van der Waals surface area contributed by atoms with Gasteiger partial charge in [-0.05, 0) is 5.56 Å². The number of likely N-dealkylation sites (tertiary alicyclic amines) is 1. The zero-order chi connectivity index (χ0) is 20.9. The summed E-state index contributed by atoms with van der Waals surface area (Å²) in [4.78, 5) is 31.0. The Labute approximate surface area is 177 Å². The summed E-state index contributed by atoms with van der Waals surface area (Å²) in [6.45, 7) is 0.159. The van der Waals surface area contributed by atoms with Crippen molar-refractivity contribution in [2.75, 3.05) is 11.9 Å². The van der Waals surface area contributed by atoms with E-state index in [1.54, 1.807) is 0 Å². The maximum Gasteiger partial charge on any atom is 0.410 e. The number of amides is 2. The van der Waals surface area contributed by atoms with Gasteiger partial charge in [-0.2, -0.15) is 0 Å². The highest BCUT2D eigenvalue weighted by Crippen LogP contribution is 2.26. The molecule has 7 nitrogen and oxygen atoms in total. The molecule has 0 saturated carbocycles. The SMILES string of the molecule is O=C(Nc1nc(-c2ccccc2)cs1)[C@H]1C[C@@H](O)CN1C(=O)OCc1ccccc1. The molecule has 2 atom stereocenters. The van der Waals surface area contributed by atoms with Crippen LogP contribution in [0.2, 0.25) is 0 Å². The molecule has 1 aliphatic rings. The standard InChI is InChI=1S/C22H21N3O4S/c26-17-11-19(25(12-17)22(28)29-13-15-7-3-1-4-8-15)20(27)24-21-23-18(14-30-21)16-9-5-2-6-10-16/h1-10,14,17,19,26H,11-13H2,(H,23,24,27)/t17-,19-/m1/s1. The molecule has 0 unspecified atom stereocenters. The normalized spacial score (nSPS) is 18.2. The molecule has 1 saturated heterocycles. The molecule has 2 amide bonds. The van der Waals surface area contributed by atoms with Gasteiger partial charge in [-0.1, -0.05) is 60.7 Å². The molecule has 154 valence electrons. The van der Waals surface area contributed by atoms with Gasteiger partial charge >= 0.3 is 6.09 Å².